The van der Waals surface area contributed by atoms with Crippen molar-refractivity contribution in [2.75, 3.05) is 13.7 Å². The number of rotatable bonds is 12. The van der Waals surface area contributed by atoms with Crippen molar-refractivity contribution in [1.82, 2.24) is 10.6 Å². The van der Waals surface area contributed by atoms with Crippen LogP contribution in [-0.4, -0.2) is 42.6 Å². The first-order valence-electron chi connectivity index (χ1n) is 11.6. The lowest BCUT2D eigenvalue weighted by atomic mass is 10.0. The van der Waals surface area contributed by atoms with E-state index in [1.807, 2.05) is 54.6 Å². The molecule has 2 amide bonds. The molecule has 3 rings (SSSR count). The van der Waals surface area contributed by atoms with E-state index in [4.69, 9.17) is 16.3 Å². The summed E-state index contributed by atoms with van der Waals surface area (Å²) in [5, 5.41) is 15.4. The Hall–Kier alpha value is -3.84. The molecule has 1 unspecified atom stereocenters. The summed E-state index contributed by atoms with van der Waals surface area (Å²) in [6, 6.07) is 20.9. The molecule has 3 N–H and O–H groups in total. The number of carboxylic acid groups (broad SMARTS) is 1. The highest BCUT2D eigenvalue weighted by Crippen LogP contribution is 2.22. The Morgan fingerprint density at radius 1 is 0.917 bits per heavy atom. The van der Waals surface area contributed by atoms with Gasteiger partial charge in [-0.25, -0.2) is 4.79 Å². The van der Waals surface area contributed by atoms with E-state index >= 15 is 0 Å². The van der Waals surface area contributed by atoms with Gasteiger partial charge in [0, 0.05) is 24.4 Å². The quantitative estimate of drug-likeness (QED) is 0.342. The number of ether oxygens (including phenoxy) is 1. The minimum absolute atomic E-state index is 0.190. The minimum Gasteiger partial charge on any atom is -0.496 e. The largest absolute Gasteiger partial charge is 0.496 e. The smallest absolute Gasteiger partial charge is 0.326 e. The van der Waals surface area contributed by atoms with Gasteiger partial charge in [-0.3, -0.25) is 9.59 Å². The second-order valence-corrected chi connectivity index (χ2v) is 8.75. The number of nitrogens with one attached hydrogen (secondary N) is 2. The Kier molecular flexibility index (Phi) is 9.89. The Morgan fingerprint density at radius 2 is 1.58 bits per heavy atom. The first kappa shape index (κ1) is 26.8. The van der Waals surface area contributed by atoms with E-state index in [2.05, 4.69) is 10.6 Å². The van der Waals surface area contributed by atoms with Crippen molar-refractivity contribution in [2.45, 2.75) is 31.7 Å². The van der Waals surface area contributed by atoms with Crippen LogP contribution in [0.5, 0.6) is 5.75 Å². The lowest BCUT2D eigenvalue weighted by Gasteiger charge is -2.14. The molecule has 0 aliphatic heterocycles. The summed E-state index contributed by atoms with van der Waals surface area (Å²) in [7, 11) is 1.50. The Labute approximate surface area is 215 Å². The maximum atomic E-state index is 12.5. The molecule has 3 aromatic carbocycles. The van der Waals surface area contributed by atoms with Gasteiger partial charge in [0.25, 0.3) is 5.91 Å². The van der Waals surface area contributed by atoms with Crippen LogP contribution in [0.4, 0.5) is 0 Å². The third-order valence-corrected chi connectivity index (χ3v) is 5.92. The molecule has 188 valence electrons. The highest BCUT2D eigenvalue weighted by Gasteiger charge is 2.20. The number of benzene rings is 3. The molecule has 0 spiro atoms. The monoisotopic (exact) mass is 508 g/mol. The van der Waals surface area contributed by atoms with Gasteiger partial charge >= 0.3 is 5.97 Å². The Balaban J connectivity index is 1.44. The van der Waals surface area contributed by atoms with Crippen LogP contribution >= 0.6 is 11.6 Å². The highest BCUT2D eigenvalue weighted by atomic mass is 35.5. The molecule has 0 fully saturated rings. The van der Waals surface area contributed by atoms with Crippen molar-refractivity contribution in [3.05, 3.63) is 100 Å². The van der Waals surface area contributed by atoms with Crippen molar-refractivity contribution in [1.29, 1.82) is 0 Å². The van der Waals surface area contributed by atoms with E-state index in [9.17, 15) is 19.5 Å². The van der Waals surface area contributed by atoms with Crippen molar-refractivity contribution in [3.63, 3.8) is 0 Å². The molecule has 0 aromatic heterocycles. The van der Waals surface area contributed by atoms with Gasteiger partial charge in [-0.15, -0.1) is 0 Å². The van der Waals surface area contributed by atoms with Crippen LogP contribution in [0.1, 0.15) is 33.5 Å². The van der Waals surface area contributed by atoms with Crippen LogP contribution in [0.15, 0.2) is 72.8 Å². The zero-order valence-corrected chi connectivity index (χ0v) is 20.8. The van der Waals surface area contributed by atoms with E-state index in [0.717, 1.165) is 16.7 Å². The molecule has 8 heteroatoms. The van der Waals surface area contributed by atoms with Gasteiger partial charge in [-0.1, -0.05) is 66.2 Å². The third-order valence-electron chi connectivity index (χ3n) is 5.69. The van der Waals surface area contributed by atoms with Crippen LogP contribution in [-0.2, 0) is 28.9 Å². The van der Waals surface area contributed by atoms with Crippen LogP contribution in [0.3, 0.4) is 0 Å². The fourth-order valence-corrected chi connectivity index (χ4v) is 3.89. The van der Waals surface area contributed by atoms with Crippen molar-refractivity contribution in [3.8, 4) is 5.75 Å². The number of aryl methyl sites for hydroxylation is 1. The van der Waals surface area contributed by atoms with Crippen LogP contribution in [0, 0.1) is 0 Å². The predicted molar refractivity (Wildman–Crippen MR) is 139 cm³/mol. The predicted octanol–water partition coefficient (Wildman–Crippen LogP) is 4.07. The molecular formula is C28H29ClN2O5. The number of methoxy groups -OCH3 is 1. The molecule has 36 heavy (non-hydrogen) atoms. The van der Waals surface area contributed by atoms with Gasteiger partial charge < -0.3 is 20.5 Å². The molecule has 0 radical (unpaired) electrons. The van der Waals surface area contributed by atoms with E-state index in [1.54, 1.807) is 18.2 Å². The summed E-state index contributed by atoms with van der Waals surface area (Å²) in [6.07, 6.45) is 1.55. The normalized spacial score (nSPS) is 11.4. The summed E-state index contributed by atoms with van der Waals surface area (Å²) in [4.78, 5) is 36.4. The van der Waals surface area contributed by atoms with Gasteiger partial charge in [0.15, 0.2) is 0 Å². The first-order chi connectivity index (χ1) is 17.4. The Morgan fingerprint density at radius 3 is 2.22 bits per heavy atom. The summed E-state index contributed by atoms with van der Waals surface area (Å²) < 4.78 is 5.22. The first-order valence-corrected chi connectivity index (χ1v) is 12.0. The Bertz CT molecular complexity index is 1180. The molecule has 3 aromatic rings. The van der Waals surface area contributed by atoms with E-state index in [0.29, 0.717) is 35.7 Å². The second kappa shape index (κ2) is 13.3. The highest BCUT2D eigenvalue weighted by molar-refractivity contribution is 6.31. The number of carboxylic acids is 1. The van der Waals surface area contributed by atoms with Gasteiger partial charge in [0.05, 0.1) is 12.7 Å². The number of hydrogen-bond acceptors (Lipinski definition) is 4. The third kappa shape index (κ3) is 8.13. The second-order valence-electron chi connectivity index (χ2n) is 8.32. The van der Waals surface area contributed by atoms with Gasteiger partial charge in [-0.2, -0.15) is 0 Å². The van der Waals surface area contributed by atoms with Gasteiger partial charge in [0.2, 0.25) is 5.91 Å². The summed E-state index contributed by atoms with van der Waals surface area (Å²) in [5.41, 5.74) is 3.24. The fraction of sp³-hybridized carbons (Fsp3) is 0.250. The SMILES string of the molecule is COc1ccc(Cl)cc1C(=O)NCCc1ccc(CCC(=O)NC(Cc2ccccc2)C(=O)O)cc1. The van der Waals surface area contributed by atoms with Gasteiger partial charge in [-0.05, 0) is 47.7 Å². The molecule has 0 aliphatic carbocycles. The van der Waals surface area contributed by atoms with E-state index < -0.39 is 12.0 Å². The molecule has 0 saturated heterocycles. The molecule has 7 nitrogen and oxygen atoms in total. The lowest BCUT2D eigenvalue weighted by Crippen LogP contribution is -2.42. The average molecular weight is 509 g/mol. The van der Waals surface area contributed by atoms with Crippen molar-refractivity contribution < 1.29 is 24.2 Å². The number of amides is 2. The molecule has 0 saturated carbocycles. The number of halogens is 1. The van der Waals surface area contributed by atoms with Crippen LogP contribution in [0.25, 0.3) is 0 Å². The summed E-state index contributed by atoms with van der Waals surface area (Å²) >= 11 is 5.99. The molecule has 0 bridgehead atoms. The molecule has 0 heterocycles. The van der Waals surface area contributed by atoms with E-state index in [1.165, 1.54) is 7.11 Å². The summed E-state index contributed by atoms with van der Waals surface area (Å²) in [5.74, 6) is -1.16. The zero-order valence-electron chi connectivity index (χ0n) is 20.0. The number of aliphatic carboxylic acids is 1. The number of carbonyl (C=O) groups excluding carboxylic acids is 2. The summed E-state index contributed by atoms with van der Waals surface area (Å²) in [6.45, 7) is 0.439. The standard InChI is InChI=1S/C28H29ClN2O5/c1-36-25-13-12-22(29)18-23(25)27(33)30-16-15-20-9-7-19(8-10-20)11-14-26(32)31-24(28(34)35)17-21-5-3-2-4-6-21/h2-10,12-13,18,24H,11,14-17H2,1H3,(H,30,33)(H,31,32)(H,34,35). The number of carbonyl (C=O) groups is 3. The fourth-order valence-electron chi connectivity index (χ4n) is 3.72. The zero-order chi connectivity index (χ0) is 25.9. The molecule has 0 aliphatic rings. The maximum Gasteiger partial charge on any atom is 0.326 e. The van der Waals surface area contributed by atoms with E-state index in [-0.39, 0.29) is 24.7 Å². The maximum absolute atomic E-state index is 12.5. The average Bonchev–Trinajstić information content (AvgIpc) is 2.88. The van der Waals surface area contributed by atoms with Crippen LogP contribution in [0.2, 0.25) is 5.02 Å². The van der Waals surface area contributed by atoms with Crippen molar-refractivity contribution >= 4 is 29.4 Å². The van der Waals surface area contributed by atoms with Crippen molar-refractivity contribution in [2.24, 2.45) is 0 Å². The molecule has 1 atom stereocenters. The van der Waals surface area contributed by atoms with Crippen LogP contribution < -0.4 is 15.4 Å². The lowest BCUT2D eigenvalue weighted by molar-refractivity contribution is -0.141. The molecular weight excluding hydrogens is 480 g/mol. The topological polar surface area (TPSA) is 105 Å². The minimum atomic E-state index is -1.06. The number of hydrogen-bond donors (Lipinski definition) is 3. The van der Waals surface area contributed by atoms with Gasteiger partial charge in [0.1, 0.15) is 11.8 Å².